The van der Waals surface area contributed by atoms with Crippen LogP contribution in [0.15, 0.2) is 24.3 Å². The molecule has 3 aliphatic rings. The van der Waals surface area contributed by atoms with Crippen LogP contribution in [0.4, 0.5) is 11.4 Å². The number of hydrogen-bond donors (Lipinski definition) is 11. The minimum Gasteiger partial charge on any atom is -0.726 e. The fourth-order valence-electron chi connectivity index (χ4n) is 6.54. The van der Waals surface area contributed by atoms with Gasteiger partial charge in [-0.25, -0.2) is 8.42 Å². The summed E-state index contributed by atoms with van der Waals surface area (Å²) in [5.74, 6) is -1.99. The van der Waals surface area contributed by atoms with Crippen LogP contribution in [-0.4, -0.2) is 188 Å². The Morgan fingerprint density at radius 3 is 2.24 bits per heavy atom. The molecule has 0 spiro atoms. The number of carboxylic acid groups (broad SMARTS) is 1. The van der Waals surface area contributed by atoms with Crippen molar-refractivity contribution in [1.29, 1.82) is 0 Å². The quantitative estimate of drug-likeness (QED) is 0.0169. The summed E-state index contributed by atoms with van der Waals surface area (Å²) >= 11 is 0. The van der Waals surface area contributed by atoms with Gasteiger partial charge in [0.1, 0.15) is 61.0 Å². The molecular weight excluding hydrogens is 913 g/mol. The van der Waals surface area contributed by atoms with E-state index in [-0.39, 0.29) is 71.6 Å². The number of carbonyl (C=O) groups is 3. The van der Waals surface area contributed by atoms with E-state index in [0.29, 0.717) is 23.0 Å². The van der Waals surface area contributed by atoms with Gasteiger partial charge in [0.05, 0.1) is 25.3 Å². The van der Waals surface area contributed by atoms with Gasteiger partial charge in [-0.3, -0.25) is 13.8 Å². The van der Waals surface area contributed by atoms with E-state index in [9.17, 15) is 73.3 Å². The first kappa shape index (κ1) is 57.6. The number of hydrogen-bond acceptors (Lipinski definition) is 23. The fourth-order valence-corrected chi connectivity index (χ4v) is 10.0. The van der Waals surface area contributed by atoms with E-state index in [2.05, 4.69) is 20.1 Å². The van der Waals surface area contributed by atoms with Crippen LogP contribution in [0.5, 0.6) is 0 Å². The van der Waals surface area contributed by atoms with Gasteiger partial charge in [0, 0.05) is 42.3 Å². The van der Waals surface area contributed by atoms with Crippen molar-refractivity contribution < 1.29 is 156 Å². The molecule has 3 saturated heterocycles. The van der Waals surface area contributed by atoms with E-state index >= 15 is 0 Å². The van der Waals surface area contributed by atoms with Crippen molar-refractivity contribution in [2.24, 2.45) is 0 Å². The van der Waals surface area contributed by atoms with Gasteiger partial charge in [-0.2, -0.15) is 0 Å². The molecule has 3 aliphatic heterocycles. The molecule has 3 heterocycles. The summed E-state index contributed by atoms with van der Waals surface area (Å²) in [6, 6.07) is 4.80. The third-order valence-electron chi connectivity index (χ3n) is 9.66. The van der Waals surface area contributed by atoms with Gasteiger partial charge in [-0.15, -0.1) is 0 Å². The van der Waals surface area contributed by atoms with E-state index in [0.717, 1.165) is 31.9 Å². The van der Waals surface area contributed by atoms with Crippen LogP contribution in [0, 0.1) is 0 Å². The van der Waals surface area contributed by atoms with Crippen molar-refractivity contribution in [2.75, 3.05) is 36.1 Å². The molecule has 3 fully saturated rings. The minimum absolute atomic E-state index is 0. The summed E-state index contributed by atoms with van der Waals surface area (Å²) in [6.07, 6.45) is -23.2. The first-order valence-electron chi connectivity index (χ1n) is 18.8. The number of unbranched alkanes of at least 4 members (excludes halogenated alkanes) is 1. The Morgan fingerprint density at radius 2 is 1.63 bits per heavy atom. The Balaban J connectivity index is 0.00000661. The topological polar surface area (TPSA) is 376 Å². The Hall–Kier alpha value is -0.480. The van der Waals surface area contributed by atoms with Crippen molar-refractivity contribution in [1.82, 2.24) is 5.32 Å². The molecule has 0 aliphatic carbocycles. The van der Waals surface area contributed by atoms with Crippen LogP contribution in [0.2, 0.25) is 0 Å². The number of amides is 2. The van der Waals surface area contributed by atoms with E-state index in [1.54, 1.807) is 24.3 Å². The fraction of sp³-hybridized carbons (Fsp3) is 0.735. The number of carbonyl (C=O) groups excluding carboxylic acids is 3. The molecule has 0 bridgehead atoms. The summed E-state index contributed by atoms with van der Waals surface area (Å²) in [5, 5.41) is 105. The van der Waals surface area contributed by atoms with Crippen LogP contribution in [0.1, 0.15) is 39.0 Å². The second kappa shape index (κ2) is 27.4. The van der Waals surface area contributed by atoms with Crippen LogP contribution in [-0.2, 0) is 47.9 Å². The molecule has 15 atom stereocenters. The number of anilines is 2. The van der Waals surface area contributed by atoms with E-state index in [1.165, 1.54) is 6.42 Å². The molecule has 1 unspecified atom stereocenters. The Kier molecular flexibility index (Phi) is 25.4. The number of ether oxygens (including phenoxy) is 4. The van der Waals surface area contributed by atoms with Crippen molar-refractivity contribution >= 4 is 61.1 Å². The normalized spacial score (nSPS) is 30.7. The van der Waals surface area contributed by atoms with Crippen LogP contribution < -0.4 is 80.2 Å². The van der Waals surface area contributed by atoms with Gasteiger partial charge < -0.3 is 90.2 Å². The van der Waals surface area contributed by atoms with Gasteiger partial charge in [-0.05, 0) is 37.5 Å². The number of aliphatic hydroxyl groups excluding tert-OH is 8. The van der Waals surface area contributed by atoms with E-state index in [1.807, 2.05) is 21.6 Å². The van der Waals surface area contributed by atoms with Gasteiger partial charge in [-0.1, -0.05) is 34.1 Å². The smallest absolute Gasteiger partial charge is 0.726 e. The van der Waals surface area contributed by atoms with Crippen LogP contribution >= 0.6 is 21.6 Å². The van der Waals surface area contributed by atoms with Gasteiger partial charge in [0.25, 0.3) is 0 Å². The average Bonchev–Trinajstić information content (AvgIpc) is 3.71. The Morgan fingerprint density at radius 1 is 0.952 bits per heavy atom. The standard InChI is InChI=1S/C34H53N3O20S3.2Na/c1-15(39)36-23-29(55-34-31(57-60(50,51)52)28(47)27(46)30(56-34)32(48)49)26(45)21(13-38)54-33(23)53-14-20(41)25(44)24(43)19(40)12-35-16-5-4-6-17(11-16)37-22(42)8-3-2-7-18-9-10-58-59-18;;/h4-6,11,18-21,23-31,33-35,38,40-41,43-47H,2-3,7-10,12-14H2,1H3,(H,36,39)(H,37,42)(H,48,49)(H,50,51,52);;/q;2*+1/p-2/t18?,19-,20+,21+,23+,24+,25+,26-,27-,28-,29+,30-,31+,33-,34+;;/m0../s1. The number of nitrogens with one attached hydrogen (secondary N) is 3. The summed E-state index contributed by atoms with van der Waals surface area (Å²) in [4.78, 5) is 36.3. The summed E-state index contributed by atoms with van der Waals surface area (Å²) in [6.45, 7) is -1.29. The zero-order valence-corrected chi connectivity index (χ0v) is 40.5. The number of aliphatic hydroxyl groups is 8. The monoisotopic (exact) mass is 963 g/mol. The second-order valence-electron chi connectivity index (χ2n) is 14.3. The van der Waals surface area contributed by atoms with Crippen molar-refractivity contribution in [3.8, 4) is 0 Å². The second-order valence-corrected chi connectivity index (χ2v) is 18.1. The van der Waals surface area contributed by atoms with Gasteiger partial charge in [0.2, 0.25) is 22.2 Å². The first-order chi connectivity index (χ1) is 28.3. The first-order valence-corrected chi connectivity index (χ1v) is 22.5. The summed E-state index contributed by atoms with van der Waals surface area (Å²) in [7, 11) is -1.94. The maximum Gasteiger partial charge on any atom is 1.00 e. The van der Waals surface area contributed by atoms with Crippen LogP contribution in [0.3, 0.4) is 0 Å². The van der Waals surface area contributed by atoms with E-state index < -0.39 is 121 Å². The molecule has 28 heteroatoms. The molecule has 23 nitrogen and oxygen atoms in total. The van der Waals surface area contributed by atoms with Crippen molar-refractivity contribution in [2.45, 2.75) is 130 Å². The molecule has 2 amide bonds. The zero-order valence-electron chi connectivity index (χ0n) is 34.0. The van der Waals surface area contributed by atoms with Gasteiger partial charge >= 0.3 is 59.1 Å². The molecule has 342 valence electrons. The molecule has 0 saturated carbocycles. The molecular formula is C34H51N3Na2O20S3. The molecule has 11 N–H and O–H groups in total. The van der Waals surface area contributed by atoms with Crippen molar-refractivity contribution in [3.63, 3.8) is 0 Å². The number of benzene rings is 1. The van der Waals surface area contributed by atoms with E-state index in [4.69, 9.17) is 18.9 Å². The average molecular weight is 964 g/mol. The molecule has 4 rings (SSSR count). The molecule has 0 radical (unpaired) electrons. The molecule has 1 aromatic rings. The third kappa shape index (κ3) is 17.3. The predicted molar refractivity (Wildman–Crippen MR) is 205 cm³/mol. The van der Waals surface area contributed by atoms with Crippen LogP contribution in [0.25, 0.3) is 0 Å². The number of rotatable bonds is 22. The molecule has 0 aromatic heterocycles. The number of carboxylic acids is 1. The summed E-state index contributed by atoms with van der Waals surface area (Å²) in [5.41, 5.74) is 0.922. The Bertz CT molecular complexity index is 1670. The SMILES string of the molecule is CC(=O)N[C@H]1[C@@H](OC[C@@H](O)[C@@H](O)[C@H](O)[C@@H](O)CNc2cccc(NC(=O)CCCCC3CCSS3)c2)O[C@H](CO)[C@H](O)[C@@H]1O[C@@H]1O[C@H](C(=O)[O-])[C@@H](O)[C@H](O)[C@H]1OS(=O)(=O)[O-].[Na+].[Na+]. The minimum atomic E-state index is -5.71. The molecule has 62 heavy (non-hydrogen) atoms. The summed E-state index contributed by atoms with van der Waals surface area (Å²) < 4.78 is 60.2. The third-order valence-corrected chi connectivity index (χ3v) is 13.1. The maximum atomic E-state index is 12.5. The Labute approximate surface area is 409 Å². The maximum absolute atomic E-state index is 12.5. The van der Waals surface area contributed by atoms with Crippen molar-refractivity contribution in [3.05, 3.63) is 24.3 Å². The predicted octanol–water partition coefficient (Wildman–Crippen LogP) is -10.8. The van der Waals surface area contributed by atoms with Gasteiger partial charge in [0.15, 0.2) is 18.7 Å². The molecule has 1 aromatic carbocycles. The largest absolute Gasteiger partial charge is 1.00 e. The zero-order chi connectivity index (χ0) is 44.3. The number of aliphatic carboxylic acids is 1.